The van der Waals surface area contributed by atoms with Gasteiger partial charge in [0.25, 0.3) is 5.91 Å². The average molecular weight is 285 g/mol. The maximum absolute atomic E-state index is 12.3. The molecule has 0 aromatic carbocycles. The lowest BCUT2D eigenvalue weighted by Crippen LogP contribution is -2.33. The third-order valence-corrected chi connectivity index (χ3v) is 3.80. The number of ether oxygens (including phenoxy) is 1. The molecule has 1 rings (SSSR count). The molecule has 0 saturated carbocycles. The summed E-state index contributed by atoms with van der Waals surface area (Å²) in [4.78, 5) is 12.3. The molecule has 1 heterocycles. The lowest BCUT2D eigenvalue weighted by atomic mass is 10.2. The Morgan fingerprint density at radius 1 is 1.58 bits per heavy atom. The van der Waals surface area contributed by atoms with E-state index in [0.29, 0.717) is 17.1 Å². The summed E-state index contributed by atoms with van der Waals surface area (Å²) < 4.78 is 6.82. The summed E-state index contributed by atoms with van der Waals surface area (Å²) in [6.45, 7) is 5.97. The molecule has 1 aromatic rings. The molecule has 1 N–H and O–H groups in total. The molecule has 0 unspecified atom stereocenters. The van der Waals surface area contributed by atoms with E-state index in [9.17, 15) is 4.79 Å². The number of thioether (sulfide) groups is 1. The lowest BCUT2D eigenvalue weighted by molar-refractivity contribution is 0.0935. The number of nitrogens with zero attached hydrogens (tertiary/aromatic N) is 2. The van der Waals surface area contributed by atoms with Crippen molar-refractivity contribution < 1.29 is 9.53 Å². The van der Waals surface area contributed by atoms with Crippen molar-refractivity contribution in [3.63, 3.8) is 0 Å². The van der Waals surface area contributed by atoms with E-state index in [4.69, 9.17) is 4.74 Å². The van der Waals surface area contributed by atoms with E-state index in [1.54, 1.807) is 18.8 Å². The molecule has 0 aliphatic heterocycles. The minimum absolute atomic E-state index is 0.114. The van der Waals surface area contributed by atoms with E-state index < -0.39 is 0 Å². The molecule has 0 aliphatic carbocycles. The number of hydrogen-bond donors (Lipinski definition) is 1. The van der Waals surface area contributed by atoms with Gasteiger partial charge >= 0.3 is 0 Å². The Labute approximate surface area is 119 Å². The molecule has 5 nitrogen and oxygen atoms in total. The zero-order valence-corrected chi connectivity index (χ0v) is 13.1. The highest BCUT2D eigenvalue weighted by Crippen LogP contribution is 2.20. The van der Waals surface area contributed by atoms with Crippen molar-refractivity contribution in [2.75, 3.05) is 18.6 Å². The molecule has 0 radical (unpaired) electrons. The minimum Gasteiger partial charge on any atom is -0.481 e. The van der Waals surface area contributed by atoms with Crippen molar-refractivity contribution in [3.8, 4) is 5.88 Å². The summed E-state index contributed by atoms with van der Waals surface area (Å²) in [6.07, 6.45) is 0.964. The summed E-state index contributed by atoms with van der Waals surface area (Å²) in [5.74, 6) is 2.55. The standard InChI is InChI=1S/C13H23N3O2S/c1-6-19-8-7-9(2)14-12(17)11-10(3)15-16(4)13(11)18-5/h9H,6-8H2,1-5H3,(H,14,17)/t9-/m0/s1. The fraction of sp³-hybridized carbons (Fsp3) is 0.692. The fourth-order valence-electron chi connectivity index (χ4n) is 1.91. The number of carbonyl (C=O) groups excluding carboxylic acids is 1. The first-order chi connectivity index (χ1) is 9.01. The highest BCUT2D eigenvalue weighted by Gasteiger charge is 2.22. The molecule has 1 atom stereocenters. The van der Waals surface area contributed by atoms with Crippen molar-refractivity contribution in [2.45, 2.75) is 33.2 Å². The van der Waals surface area contributed by atoms with Crippen LogP contribution in [0.4, 0.5) is 0 Å². The van der Waals surface area contributed by atoms with Crippen LogP contribution in [0.2, 0.25) is 0 Å². The van der Waals surface area contributed by atoms with E-state index in [-0.39, 0.29) is 11.9 Å². The minimum atomic E-state index is -0.114. The third-order valence-electron chi connectivity index (χ3n) is 2.87. The largest absolute Gasteiger partial charge is 0.481 e. The molecular formula is C13H23N3O2S. The van der Waals surface area contributed by atoms with Crippen molar-refractivity contribution in [3.05, 3.63) is 11.3 Å². The van der Waals surface area contributed by atoms with E-state index in [1.165, 1.54) is 0 Å². The number of hydrogen-bond acceptors (Lipinski definition) is 4. The normalized spacial score (nSPS) is 12.3. The fourth-order valence-corrected chi connectivity index (χ4v) is 2.71. The maximum Gasteiger partial charge on any atom is 0.258 e. The Morgan fingerprint density at radius 2 is 2.26 bits per heavy atom. The first-order valence-corrected chi connectivity index (χ1v) is 7.62. The topological polar surface area (TPSA) is 56.2 Å². The summed E-state index contributed by atoms with van der Waals surface area (Å²) in [5.41, 5.74) is 1.21. The predicted octanol–water partition coefficient (Wildman–Crippen LogP) is 2.00. The Morgan fingerprint density at radius 3 is 2.84 bits per heavy atom. The smallest absolute Gasteiger partial charge is 0.258 e. The first kappa shape index (κ1) is 15.9. The highest BCUT2D eigenvalue weighted by atomic mass is 32.2. The van der Waals surface area contributed by atoms with Crippen LogP contribution < -0.4 is 10.1 Å². The molecule has 0 saturated heterocycles. The van der Waals surface area contributed by atoms with Gasteiger partial charge in [-0.15, -0.1) is 0 Å². The number of amides is 1. The zero-order chi connectivity index (χ0) is 14.4. The number of aryl methyl sites for hydroxylation is 2. The van der Waals surface area contributed by atoms with Gasteiger partial charge in [0.15, 0.2) is 0 Å². The molecular weight excluding hydrogens is 262 g/mol. The number of carbonyl (C=O) groups is 1. The van der Waals surface area contributed by atoms with Crippen LogP contribution in [0.15, 0.2) is 0 Å². The molecule has 19 heavy (non-hydrogen) atoms. The van der Waals surface area contributed by atoms with Crippen molar-refractivity contribution in [2.24, 2.45) is 7.05 Å². The molecule has 0 spiro atoms. The number of nitrogens with one attached hydrogen (secondary N) is 1. The van der Waals surface area contributed by atoms with Crippen LogP contribution in [0.1, 0.15) is 36.3 Å². The van der Waals surface area contributed by atoms with Gasteiger partial charge in [-0.2, -0.15) is 16.9 Å². The van der Waals surface area contributed by atoms with Gasteiger partial charge in [-0.1, -0.05) is 6.92 Å². The second-order valence-corrected chi connectivity index (χ2v) is 5.85. The molecule has 1 aromatic heterocycles. The Hall–Kier alpha value is -1.17. The molecule has 0 bridgehead atoms. The van der Waals surface area contributed by atoms with Gasteiger partial charge in [0.05, 0.1) is 12.8 Å². The van der Waals surface area contributed by atoms with Crippen LogP contribution in [0.25, 0.3) is 0 Å². The van der Waals surface area contributed by atoms with Crippen LogP contribution in [0, 0.1) is 6.92 Å². The summed E-state index contributed by atoms with van der Waals surface area (Å²) >= 11 is 1.88. The third kappa shape index (κ3) is 4.16. The number of methoxy groups -OCH3 is 1. The molecule has 1 amide bonds. The van der Waals surface area contributed by atoms with Gasteiger partial charge in [0, 0.05) is 13.1 Å². The lowest BCUT2D eigenvalue weighted by Gasteiger charge is -2.13. The molecule has 0 fully saturated rings. The quantitative estimate of drug-likeness (QED) is 0.779. The van der Waals surface area contributed by atoms with Crippen molar-refractivity contribution >= 4 is 17.7 Å². The Balaban J connectivity index is 2.68. The van der Waals surface area contributed by atoms with Gasteiger partial charge in [0.1, 0.15) is 5.56 Å². The first-order valence-electron chi connectivity index (χ1n) is 6.47. The average Bonchev–Trinajstić information content (AvgIpc) is 2.63. The predicted molar refractivity (Wildman–Crippen MR) is 79.0 cm³/mol. The van der Waals surface area contributed by atoms with E-state index >= 15 is 0 Å². The van der Waals surface area contributed by atoms with E-state index in [1.807, 2.05) is 25.6 Å². The maximum atomic E-state index is 12.3. The van der Waals surface area contributed by atoms with Gasteiger partial charge in [-0.3, -0.25) is 4.79 Å². The Kier molecular flexibility index (Phi) is 6.21. The van der Waals surface area contributed by atoms with E-state index in [2.05, 4.69) is 17.3 Å². The molecule has 0 aliphatic rings. The highest BCUT2D eigenvalue weighted by molar-refractivity contribution is 7.99. The van der Waals surface area contributed by atoms with Crippen molar-refractivity contribution in [1.82, 2.24) is 15.1 Å². The monoisotopic (exact) mass is 285 g/mol. The van der Waals surface area contributed by atoms with Crippen LogP contribution in [-0.2, 0) is 7.05 Å². The second-order valence-electron chi connectivity index (χ2n) is 4.45. The number of aromatic nitrogens is 2. The van der Waals surface area contributed by atoms with Crippen LogP contribution in [0.3, 0.4) is 0 Å². The van der Waals surface area contributed by atoms with Gasteiger partial charge in [-0.05, 0) is 31.8 Å². The Bertz CT molecular complexity index is 432. The zero-order valence-electron chi connectivity index (χ0n) is 12.3. The summed E-state index contributed by atoms with van der Waals surface area (Å²) in [6, 6.07) is 0.149. The SMILES string of the molecule is CCSCC[C@H](C)NC(=O)c1c(C)nn(C)c1OC. The van der Waals surface area contributed by atoms with Crippen LogP contribution in [0.5, 0.6) is 5.88 Å². The summed E-state index contributed by atoms with van der Waals surface area (Å²) in [5, 5.41) is 7.21. The van der Waals surface area contributed by atoms with Gasteiger partial charge in [0.2, 0.25) is 5.88 Å². The van der Waals surface area contributed by atoms with Gasteiger partial charge < -0.3 is 10.1 Å². The van der Waals surface area contributed by atoms with Crippen molar-refractivity contribution in [1.29, 1.82) is 0 Å². The van der Waals surface area contributed by atoms with Crippen LogP contribution in [-0.4, -0.2) is 40.3 Å². The second kappa shape index (κ2) is 7.43. The molecule has 108 valence electrons. The summed E-state index contributed by atoms with van der Waals surface area (Å²) in [7, 11) is 3.32. The van der Waals surface area contributed by atoms with E-state index in [0.717, 1.165) is 17.9 Å². The molecule has 6 heteroatoms. The van der Waals surface area contributed by atoms with Crippen LogP contribution >= 0.6 is 11.8 Å². The number of rotatable bonds is 7. The van der Waals surface area contributed by atoms with Gasteiger partial charge in [-0.25, -0.2) is 4.68 Å².